The van der Waals surface area contributed by atoms with Gasteiger partial charge in [-0.2, -0.15) is 0 Å². The average molecular weight is 306 g/mol. The van der Waals surface area contributed by atoms with Gasteiger partial charge in [0.2, 0.25) is 0 Å². The van der Waals surface area contributed by atoms with Gasteiger partial charge in [-0.1, -0.05) is 0 Å². The van der Waals surface area contributed by atoms with E-state index in [9.17, 15) is 22.8 Å². The quantitative estimate of drug-likeness (QED) is 0.745. The number of carbonyl (C=O) groups is 2. The lowest BCUT2D eigenvalue weighted by atomic mass is 10.2. The number of anilines is 1. The molecule has 1 aromatic rings. The van der Waals surface area contributed by atoms with Crippen LogP contribution in [0.5, 0.6) is 0 Å². The number of carboxylic acids is 1. The third-order valence-electron chi connectivity index (χ3n) is 2.46. The molecule has 116 valence electrons. The average Bonchev–Trinajstić information content (AvgIpc) is 2.39. The van der Waals surface area contributed by atoms with Crippen LogP contribution in [-0.2, 0) is 0 Å². The normalized spacial score (nSPS) is 10.5. The number of carbonyl (C=O) groups excluding carboxylic acids is 1. The molecular formula is C12H13F3N2O4. The van der Waals surface area contributed by atoms with Crippen molar-refractivity contribution in [2.24, 2.45) is 0 Å². The molecule has 0 aromatic heterocycles. The molecule has 0 aliphatic rings. The molecule has 0 heterocycles. The molecule has 1 rings (SSSR count). The van der Waals surface area contributed by atoms with Gasteiger partial charge in [0.1, 0.15) is 5.82 Å². The van der Waals surface area contributed by atoms with Crippen molar-refractivity contribution < 1.29 is 33.0 Å². The number of alkyl halides is 2. The minimum absolute atomic E-state index is 0.0593. The molecule has 0 bridgehead atoms. The summed E-state index contributed by atoms with van der Waals surface area (Å²) in [5, 5.41) is 19.6. The van der Waals surface area contributed by atoms with Gasteiger partial charge < -0.3 is 20.4 Å². The summed E-state index contributed by atoms with van der Waals surface area (Å²) in [7, 11) is 0. The Morgan fingerprint density at radius 1 is 1.33 bits per heavy atom. The molecular weight excluding hydrogens is 293 g/mol. The van der Waals surface area contributed by atoms with Crippen molar-refractivity contribution in [1.29, 1.82) is 0 Å². The number of aliphatic hydroxyl groups is 1. The van der Waals surface area contributed by atoms with Gasteiger partial charge in [-0.3, -0.25) is 0 Å². The van der Waals surface area contributed by atoms with Crippen LogP contribution in [0.1, 0.15) is 10.4 Å². The van der Waals surface area contributed by atoms with E-state index in [1.54, 1.807) is 0 Å². The number of nitrogens with zero attached hydrogens (tertiary/aromatic N) is 1. The second kappa shape index (κ2) is 7.48. The smallest absolute Gasteiger partial charge is 0.338 e. The van der Waals surface area contributed by atoms with Crippen molar-refractivity contribution in [3.8, 4) is 0 Å². The molecule has 2 amide bonds. The third-order valence-corrected chi connectivity index (χ3v) is 2.46. The van der Waals surface area contributed by atoms with Crippen molar-refractivity contribution in [2.75, 3.05) is 25.0 Å². The molecule has 0 saturated heterocycles. The molecule has 1 aromatic carbocycles. The maximum Gasteiger partial charge on any atom is 0.338 e. The number of aromatic carboxylic acids is 1. The van der Waals surface area contributed by atoms with Gasteiger partial charge >= 0.3 is 12.0 Å². The number of carboxylic acid groups (broad SMARTS) is 1. The number of hydrogen-bond acceptors (Lipinski definition) is 3. The van der Waals surface area contributed by atoms with Crippen molar-refractivity contribution in [1.82, 2.24) is 4.90 Å². The van der Waals surface area contributed by atoms with Gasteiger partial charge in [0.05, 0.1) is 18.7 Å². The summed E-state index contributed by atoms with van der Waals surface area (Å²) in [6, 6.07) is 1.85. The number of amides is 2. The number of hydrogen-bond donors (Lipinski definition) is 3. The first-order valence-electron chi connectivity index (χ1n) is 5.83. The van der Waals surface area contributed by atoms with E-state index in [2.05, 4.69) is 5.32 Å². The Labute approximate surface area is 117 Å². The summed E-state index contributed by atoms with van der Waals surface area (Å²) < 4.78 is 37.8. The molecule has 0 radical (unpaired) electrons. The van der Waals surface area contributed by atoms with Crippen molar-refractivity contribution in [3.05, 3.63) is 29.6 Å². The molecule has 0 unspecified atom stereocenters. The van der Waals surface area contributed by atoms with Gasteiger partial charge in [0, 0.05) is 12.2 Å². The van der Waals surface area contributed by atoms with Crippen LogP contribution in [0.3, 0.4) is 0 Å². The van der Waals surface area contributed by atoms with Crippen LogP contribution in [-0.4, -0.2) is 53.2 Å². The molecule has 6 nitrogen and oxygen atoms in total. The lowest BCUT2D eigenvalue weighted by Crippen LogP contribution is -2.40. The monoisotopic (exact) mass is 306 g/mol. The summed E-state index contributed by atoms with van der Waals surface area (Å²) >= 11 is 0. The number of rotatable bonds is 6. The van der Waals surface area contributed by atoms with Gasteiger partial charge in [-0.15, -0.1) is 0 Å². The minimum Gasteiger partial charge on any atom is -0.478 e. The SMILES string of the molecule is O=C(O)c1cc(NC(=O)N(CCO)CC(F)F)ccc1F. The maximum atomic E-state index is 13.2. The van der Waals surface area contributed by atoms with E-state index in [4.69, 9.17) is 10.2 Å². The van der Waals surface area contributed by atoms with Crippen LogP contribution in [0.2, 0.25) is 0 Å². The van der Waals surface area contributed by atoms with E-state index in [-0.39, 0.29) is 12.2 Å². The maximum absolute atomic E-state index is 13.2. The summed E-state index contributed by atoms with van der Waals surface area (Å²) in [6.07, 6.45) is -2.79. The number of aliphatic hydroxyl groups excluding tert-OH is 1. The number of nitrogens with one attached hydrogen (secondary N) is 1. The van der Waals surface area contributed by atoms with Crippen LogP contribution >= 0.6 is 0 Å². The van der Waals surface area contributed by atoms with Crippen LogP contribution < -0.4 is 5.32 Å². The van der Waals surface area contributed by atoms with Crippen LogP contribution in [0.25, 0.3) is 0 Å². The Kier molecular flexibility index (Phi) is 5.97. The molecule has 21 heavy (non-hydrogen) atoms. The zero-order valence-corrected chi connectivity index (χ0v) is 10.7. The molecule has 3 N–H and O–H groups in total. The summed E-state index contributed by atoms with van der Waals surface area (Å²) in [6.45, 7) is -1.72. The van der Waals surface area contributed by atoms with Crippen LogP contribution in [0, 0.1) is 5.82 Å². The molecule has 0 saturated carbocycles. The van der Waals surface area contributed by atoms with Crippen molar-refractivity contribution in [2.45, 2.75) is 6.43 Å². The Hall–Kier alpha value is -2.29. The molecule has 9 heteroatoms. The summed E-state index contributed by atoms with van der Waals surface area (Å²) in [5.41, 5.74) is -0.716. The summed E-state index contributed by atoms with van der Waals surface area (Å²) in [4.78, 5) is 23.1. The fourth-order valence-electron chi connectivity index (χ4n) is 1.53. The van der Waals surface area contributed by atoms with Crippen LogP contribution in [0.4, 0.5) is 23.7 Å². The Balaban J connectivity index is 2.85. The van der Waals surface area contributed by atoms with E-state index in [0.717, 1.165) is 18.2 Å². The van der Waals surface area contributed by atoms with Gasteiger partial charge in [0.15, 0.2) is 0 Å². The van der Waals surface area contributed by atoms with Gasteiger partial charge in [-0.25, -0.2) is 22.8 Å². The van der Waals surface area contributed by atoms with Gasteiger partial charge in [-0.05, 0) is 18.2 Å². The number of urea groups is 1. The highest BCUT2D eigenvalue weighted by Crippen LogP contribution is 2.15. The minimum atomic E-state index is -2.79. The lowest BCUT2D eigenvalue weighted by Gasteiger charge is -2.21. The highest BCUT2D eigenvalue weighted by Gasteiger charge is 2.19. The topological polar surface area (TPSA) is 89.9 Å². The second-order valence-corrected chi connectivity index (χ2v) is 3.99. The number of halogens is 3. The lowest BCUT2D eigenvalue weighted by molar-refractivity contribution is 0.0692. The molecule has 0 aliphatic heterocycles. The molecule has 0 fully saturated rings. The first-order valence-corrected chi connectivity index (χ1v) is 5.83. The molecule has 0 atom stereocenters. The van der Waals surface area contributed by atoms with E-state index < -0.39 is 43.0 Å². The van der Waals surface area contributed by atoms with E-state index in [1.807, 2.05) is 0 Å². The molecule has 0 spiro atoms. The van der Waals surface area contributed by atoms with E-state index in [1.165, 1.54) is 0 Å². The molecule has 0 aliphatic carbocycles. The summed E-state index contributed by atoms with van der Waals surface area (Å²) in [5.74, 6) is -2.51. The fourth-order valence-corrected chi connectivity index (χ4v) is 1.53. The predicted molar refractivity (Wildman–Crippen MR) is 67.0 cm³/mol. The Bertz CT molecular complexity index is 525. The second-order valence-electron chi connectivity index (χ2n) is 3.99. The Morgan fingerprint density at radius 2 is 2.00 bits per heavy atom. The highest BCUT2D eigenvalue weighted by atomic mass is 19.3. The Morgan fingerprint density at radius 3 is 2.52 bits per heavy atom. The standard InChI is InChI=1S/C12H13F3N2O4/c13-9-2-1-7(5-8(9)11(19)20)16-12(21)17(3-4-18)6-10(14)15/h1-2,5,10,18H,3-4,6H2,(H,16,21)(H,19,20). The highest BCUT2D eigenvalue weighted by molar-refractivity contribution is 5.93. The first-order chi connectivity index (χ1) is 9.85. The fraction of sp³-hybridized carbons (Fsp3) is 0.333. The third kappa shape index (κ3) is 4.95. The van der Waals surface area contributed by atoms with E-state index in [0.29, 0.717) is 4.90 Å². The van der Waals surface area contributed by atoms with Gasteiger partial charge in [0.25, 0.3) is 6.43 Å². The zero-order valence-electron chi connectivity index (χ0n) is 10.7. The number of benzene rings is 1. The zero-order chi connectivity index (χ0) is 16.0. The van der Waals surface area contributed by atoms with Crippen molar-refractivity contribution in [3.63, 3.8) is 0 Å². The largest absolute Gasteiger partial charge is 0.478 e. The first kappa shape index (κ1) is 16.8. The van der Waals surface area contributed by atoms with E-state index >= 15 is 0 Å². The predicted octanol–water partition coefficient (Wildman–Crippen LogP) is 1.62. The van der Waals surface area contributed by atoms with Crippen molar-refractivity contribution >= 4 is 17.7 Å². The van der Waals surface area contributed by atoms with Crippen LogP contribution in [0.15, 0.2) is 18.2 Å².